The van der Waals surface area contributed by atoms with Crippen molar-refractivity contribution < 1.29 is 24.5 Å². The number of esters is 1. The van der Waals surface area contributed by atoms with E-state index in [1.165, 1.54) is 31.4 Å². The van der Waals surface area contributed by atoms with Gasteiger partial charge in [0.2, 0.25) is 0 Å². The maximum absolute atomic E-state index is 11.2. The van der Waals surface area contributed by atoms with Gasteiger partial charge in [-0.15, -0.1) is 0 Å². The second-order valence-electron chi connectivity index (χ2n) is 3.86. The largest absolute Gasteiger partial charge is 0.508 e. The van der Waals surface area contributed by atoms with Crippen molar-refractivity contribution >= 4 is 63.3 Å². The number of carbonyl (C=O) groups excluding carboxylic acids is 1. The van der Waals surface area contributed by atoms with Crippen LogP contribution in [0.3, 0.4) is 0 Å². The summed E-state index contributed by atoms with van der Waals surface area (Å²) in [5.74, 6) is -1.61. The van der Waals surface area contributed by atoms with Gasteiger partial charge in [0.15, 0.2) is 0 Å². The molecule has 0 aliphatic heterocycles. The van der Waals surface area contributed by atoms with E-state index in [1.54, 1.807) is 6.92 Å². The van der Waals surface area contributed by atoms with Gasteiger partial charge < -0.3 is 20.3 Å². The number of aliphatic carboxylic acids is 1. The smallest absolute Gasteiger partial charge is 0.332 e. The van der Waals surface area contributed by atoms with E-state index in [0.29, 0.717) is 11.3 Å². The third-order valence-corrected chi connectivity index (χ3v) is 2.38. The number of carboxylic acid groups (broad SMARTS) is 1. The first-order valence-electron chi connectivity index (χ1n) is 5.48. The molecule has 1 aromatic rings. The van der Waals surface area contributed by atoms with E-state index < -0.39 is 18.0 Å². The standard InChI is InChI=1S/C13H15NO5.K/c1-8(7-11(16)19-2)14-12(13(17)18)9-3-5-10(15)6-4-9;/h3-7,12,14-15H,1-2H3,(H,17,18);/t12-;/m1./s1. The minimum atomic E-state index is -1.09. The first kappa shape index (κ1) is 19.1. The molecule has 0 aliphatic rings. The summed E-state index contributed by atoms with van der Waals surface area (Å²) in [5.41, 5.74) is 0.829. The molecule has 1 atom stereocenters. The number of hydrogen-bond acceptors (Lipinski definition) is 5. The fourth-order valence-electron chi connectivity index (χ4n) is 1.46. The molecule has 0 amide bonds. The molecule has 1 aromatic carbocycles. The second kappa shape index (κ2) is 9.14. The zero-order valence-electron chi connectivity index (χ0n) is 11.6. The quantitative estimate of drug-likeness (QED) is 0.423. The van der Waals surface area contributed by atoms with E-state index in [2.05, 4.69) is 10.1 Å². The fraction of sp³-hybridized carbons (Fsp3) is 0.231. The molecule has 0 bridgehead atoms. The fourth-order valence-corrected chi connectivity index (χ4v) is 1.46. The minimum absolute atomic E-state index is 0. The van der Waals surface area contributed by atoms with E-state index in [-0.39, 0.29) is 57.1 Å². The Morgan fingerprint density at radius 2 is 1.85 bits per heavy atom. The molecule has 103 valence electrons. The van der Waals surface area contributed by atoms with Crippen molar-refractivity contribution in [2.75, 3.05) is 7.11 Å². The van der Waals surface area contributed by atoms with Gasteiger partial charge in [-0.25, -0.2) is 9.59 Å². The summed E-state index contributed by atoms with van der Waals surface area (Å²) < 4.78 is 4.45. The predicted octanol–water partition coefficient (Wildman–Crippen LogP) is 0.803. The molecule has 3 N–H and O–H groups in total. The summed E-state index contributed by atoms with van der Waals surface area (Å²) in [5, 5.41) is 21.0. The summed E-state index contributed by atoms with van der Waals surface area (Å²) in [7, 11) is 1.24. The van der Waals surface area contributed by atoms with E-state index in [9.17, 15) is 9.59 Å². The minimum Gasteiger partial charge on any atom is -0.508 e. The maximum atomic E-state index is 11.2. The van der Waals surface area contributed by atoms with Crippen molar-refractivity contribution in [1.29, 1.82) is 0 Å². The van der Waals surface area contributed by atoms with Gasteiger partial charge in [-0.05, 0) is 24.6 Å². The van der Waals surface area contributed by atoms with Crippen LogP contribution in [0.4, 0.5) is 0 Å². The molecule has 20 heavy (non-hydrogen) atoms. The Kier molecular flexibility index (Phi) is 8.75. The molecule has 0 saturated carbocycles. The Balaban J connectivity index is 0.00000361. The topological polar surface area (TPSA) is 95.9 Å². The van der Waals surface area contributed by atoms with Gasteiger partial charge in [-0.3, -0.25) is 0 Å². The number of phenols is 1. The summed E-state index contributed by atoms with van der Waals surface area (Å²) in [6.07, 6.45) is 1.16. The number of carboxylic acids is 1. The van der Waals surface area contributed by atoms with Crippen molar-refractivity contribution in [2.24, 2.45) is 0 Å². The average molecular weight is 304 g/mol. The number of rotatable bonds is 5. The van der Waals surface area contributed by atoms with Gasteiger partial charge in [0.25, 0.3) is 0 Å². The van der Waals surface area contributed by atoms with E-state index in [0.717, 1.165) is 6.08 Å². The number of methoxy groups -OCH3 is 1. The number of nitrogens with one attached hydrogen (secondary N) is 1. The molecular weight excluding hydrogens is 289 g/mol. The SMILES string of the molecule is COC(=O)C=C(C)N[C@@H](C(=O)O)c1ccc(O)cc1.[K]. The molecule has 0 spiro atoms. The summed E-state index contributed by atoms with van der Waals surface area (Å²) in [6.45, 7) is 1.56. The molecule has 0 aromatic heterocycles. The Labute approximate surface area is 159 Å². The average Bonchev–Trinajstić information content (AvgIpc) is 2.36. The van der Waals surface area contributed by atoms with Gasteiger partial charge in [0, 0.05) is 63.2 Å². The molecule has 0 heterocycles. The van der Waals surface area contributed by atoms with Crippen LogP contribution >= 0.6 is 0 Å². The molecule has 0 unspecified atom stereocenters. The summed E-state index contributed by atoms with van der Waals surface area (Å²) in [4.78, 5) is 22.2. The normalized spacial score (nSPS) is 12.0. The number of phenolic OH excluding ortho intramolecular Hbond substituents is 1. The van der Waals surface area contributed by atoms with Gasteiger partial charge in [0.1, 0.15) is 11.8 Å². The first-order valence-corrected chi connectivity index (χ1v) is 5.48. The van der Waals surface area contributed by atoms with Crippen LogP contribution in [0, 0.1) is 0 Å². The molecular formula is C13H15KNO5. The van der Waals surface area contributed by atoms with Gasteiger partial charge in [0.05, 0.1) is 7.11 Å². The van der Waals surface area contributed by atoms with Crippen LogP contribution in [0.2, 0.25) is 0 Å². The number of carbonyl (C=O) groups is 2. The third-order valence-electron chi connectivity index (χ3n) is 2.38. The second-order valence-corrected chi connectivity index (χ2v) is 3.86. The van der Waals surface area contributed by atoms with Crippen LogP contribution in [0.15, 0.2) is 36.0 Å². The van der Waals surface area contributed by atoms with Crippen molar-refractivity contribution in [3.63, 3.8) is 0 Å². The van der Waals surface area contributed by atoms with E-state index >= 15 is 0 Å². The maximum Gasteiger partial charge on any atom is 0.332 e. The van der Waals surface area contributed by atoms with Crippen LogP contribution in [-0.4, -0.2) is 80.6 Å². The van der Waals surface area contributed by atoms with Gasteiger partial charge in [-0.1, -0.05) is 12.1 Å². The van der Waals surface area contributed by atoms with Crippen molar-refractivity contribution in [2.45, 2.75) is 13.0 Å². The van der Waals surface area contributed by atoms with E-state index in [4.69, 9.17) is 10.2 Å². The van der Waals surface area contributed by atoms with Crippen molar-refractivity contribution in [3.05, 3.63) is 41.6 Å². The molecule has 7 heteroatoms. The Bertz CT molecular complexity index is 498. The van der Waals surface area contributed by atoms with Crippen molar-refractivity contribution in [3.8, 4) is 5.75 Å². The predicted molar refractivity (Wildman–Crippen MR) is 73.1 cm³/mol. The number of aromatic hydroxyl groups is 1. The summed E-state index contributed by atoms with van der Waals surface area (Å²) >= 11 is 0. The zero-order valence-corrected chi connectivity index (χ0v) is 14.7. The first-order chi connectivity index (χ1) is 8.93. The van der Waals surface area contributed by atoms with Crippen LogP contribution in [0.1, 0.15) is 18.5 Å². The number of ether oxygens (including phenoxy) is 1. The van der Waals surface area contributed by atoms with Gasteiger partial charge in [-0.2, -0.15) is 0 Å². The zero-order chi connectivity index (χ0) is 14.4. The molecule has 0 aliphatic carbocycles. The van der Waals surface area contributed by atoms with Gasteiger partial charge >= 0.3 is 11.9 Å². The molecule has 6 nitrogen and oxygen atoms in total. The number of hydrogen-bond donors (Lipinski definition) is 3. The van der Waals surface area contributed by atoms with Crippen molar-refractivity contribution in [1.82, 2.24) is 5.32 Å². The molecule has 1 radical (unpaired) electrons. The number of benzene rings is 1. The number of allylic oxidation sites excluding steroid dienone is 1. The molecule has 0 fully saturated rings. The Morgan fingerprint density at radius 1 is 1.30 bits per heavy atom. The Hall–Kier alpha value is -0.864. The summed E-state index contributed by atoms with van der Waals surface area (Å²) in [6, 6.07) is 4.76. The van der Waals surface area contributed by atoms with E-state index in [1.807, 2.05) is 0 Å². The van der Waals surface area contributed by atoms with Crippen LogP contribution in [0.25, 0.3) is 0 Å². The van der Waals surface area contributed by atoms with Crippen LogP contribution < -0.4 is 5.32 Å². The monoisotopic (exact) mass is 304 g/mol. The van der Waals surface area contributed by atoms with Crippen LogP contribution in [-0.2, 0) is 14.3 Å². The molecule has 1 rings (SSSR count). The third kappa shape index (κ3) is 6.06. The molecule has 0 saturated heterocycles. The Morgan fingerprint density at radius 3 is 2.30 bits per heavy atom. The van der Waals surface area contributed by atoms with Crippen LogP contribution in [0.5, 0.6) is 5.75 Å².